The normalized spacial score (nSPS) is 10.4. The molecule has 9 heteroatoms. The maximum Gasteiger partial charge on any atom is 0.287 e. The van der Waals surface area contributed by atoms with Gasteiger partial charge < -0.3 is 4.74 Å². The van der Waals surface area contributed by atoms with Gasteiger partial charge in [-0.25, -0.2) is 0 Å². The Balaban J connectivity index is 1.37. The van der Waals surface area contributed by atoms with Gasteiger partial charge in [-0.3, -0.25) is 30.6 Å². The van der Waals surface area contributed by atoms with Gasteiger partial charge in [0.25, 0.3) is 11.8 Å². The molecule has 9 nitrogen and oxygen atoms in total. The van der Waals surface area contributed by atoms with Crippen LogP contribution in [-0.4, -0.2) is 39.3 Å². The van der Waals surface area contributed by atoms with Crippen molar-refractivity contribution in [1.29, 1.82) is 0 Å². The molecule has 0 saturated carbocycles. The molecular formula is C21H18N6O3. The van der Waals surface area contributed by atoms with Gasteiger partial charge in [0.15, 0.2) is 0 Å². The van der Waals surface area contributed by atoms with E-state index in [1.54, 1.807) is 31.4 Å². The Hall–Kier alpha value is -4.40. The highest BCUT2D eigenvalue weighted by Crippen LogP contribution is 2.21. The lowest BCUT2D eigenvalue weighted by atomic mass is 10.1. The maximum atomic E-state index is 12.3. The topological polar surface area (TPSA) is 125 Å². The number of amides is 2. The Kier molecular flexibility index (Phi) is 5.25. The Morgan fingerprint density at radius 1 is 0.767 bits per heavy atom. The third-order valence-corrected chi connectivity index (χ3v) is 4.39. The summed E-state index contributed by atoms with van der Waals surface area (Å²) >= 11 is 0. The van der Waals surface area contributed by atoms with Crippen molar-refractivity contribution >= 4 is 11.8 Å². The molecule has 4 rings (SSSR count). The van der Waals surface area contributed by atoms with Crippen LogP contribution in [0.4, 0.5) is 0 Å². The largest absolute Gasteiger partial charge is 0.497 e. The van der Waals surface area contributed by atoms with Crippen molar-refractivity contribution in [2.45, 2.75) is 0 Å². The molecule has 0 radical (unpaired) electrons. The van der Waals surface area contributed by atoms with Crippen molar-refractivity contribution in [3.63, 3.8) is 0 Å². The molecular weight excluding hydrogens is 384 g/mol. The second-order valence-corrected chi connectivity index (χ2v) is 6.34. The van der Waals surface area contributed by atoms with Gasteiger partial charge in [-0.05, 0) is 36.4 Å². The van der Waals surface area contributed by atoms with Crippen molar-refractivity contribution in [3.05, 3.63) is 78.1 Å². The van der Waals surface area contributed by atoms with Crippen LogP contribution in [0.2, 0.25) is 0 Å². The number of carbonyl (C=O) groups is 2. The summed E-state index contributed by atoms with van der Waals surface area (Å²) in [6.07, 6.45) is 0. The molecule has 4 aromatic rings. The zero-order valence-electron chi connectivity index (χ0n) is 16.0. The van der Waals surface area contributed by atoms with Crippen LogP contribution < -0.4 is 15.6 Å². The Morgan fingerprint density at radius 3 is 1.77 bits per heavy atom. The third-order valence-electron chi connectivity index (χ3n) is 4.39. The van der Waals surface area contributed by atoms with Crippen LogP contribution in [0.3, 0.4) is 0 Å². The number of benzene rings is 2. The van der Waals surface area contributed by atoms with Gasteiger partial charge in [0.05, 0.1) is 18.5 Å². The molecule has 0 fully saturated rings. The van der Waals surface area contributed by atoms with Crippen LogP contribution in [0.5, 0.6) is 5.75 Å². The smallest absolute Gasteiger partial charge is 0.287 e. The van der Waals surface area contributed by atoms with E-state index in [0.717, 1.165) is 16.9 Å². The summed E-state index contributed by atoms with van der Waals surface area (Å²) in [6.45, 7) is 0. The molecule has 0 aliphatic carbocycles. The summed E-state index contributed by atoms with van der Waals surface area (Å²) in [5, 5.41) is 13.6. The standard InChI is InChI=1S/C21H18N6O3/c1-30-15-9-7-14(8-10-15)17-12-19(25-23-17)21(29)27-26-20(28)18-11-16(22-24-18)13-5-3-2-4-6-13/h2-12H,1H3,(H,22,24)(H,23,25)(H,26,28)(H,27,29). The molecule has 0 spiro atoms. The summed E-state index contributed by atoms with van der Waals surface area (Å²) in [6, 6.07) is 19.9. The van der Waals surface area contributed by atoms with Gasteiger partial charge >= 0.3 is 0 Å². The fourth-order valence-electron chi connectivity index (χ4n) is 2.79. The lowest BCUT2D eigenvalue weighted by Gasteiger charge is -2.04. The van der Waals surface area contributed by atoms with Gasteiger partial charge in [0, 0.05) is 11.1 Å². The highest BCUT2D eigenvalue weighted by molar-refractivity contribution is 5.98. The number of hydrogen-bond donors (Lipinski definition) is 4. The van der Waals surface area contributed by atoms with E-state index in [4.69, 9.17) is 4.74 Å². The number of nitrogens with one attached hydrogen (secondary N) is 4. The first-order valence-corrected chi connectivity index (χ1v) is 9.05. The number of hydrazine groups is 1. The van der Waals surface area contributed by atoms with Crippen LogP contribution in [0.15, 0.2) is 66.7 Å². The summed E-state index contributed by atoms with van der Waals surface area (Å²) in [5.74, 6) is -0.324. The van der Waals surface area contributed by atoms with E-state index >= 15 is 0 Å². The first kappa shape index (κ1) is 18.9. The number of H-pyrrole nitrogens is 2. The van der Waals surface area contributed by atoms with Crippen LogP contribution in [-0.2, 0) is 0 Å². The van der Waals surface area contributed by atoms with E-state index in [0.29, 0.717) is 11.4 Å². The van der Waals surface area contributed by atoms with Crippen molar-refractivity contribution in [1.82, 2.24) is 31.2 Å². The molecule has 4 N–H and O–H groups in total. The molecule has 2 amide bonds. The Morgan fingerprint density at radius 2 is 1.27 bits per heavy atom. The minimum Gasteiger partial charge on any atom is -0.497 e. The van der Waals surface area contributed by atoms with E-state index in [-0.39, 0.29) is 11.4 Å². The van der Waals surface area contributed by atoms with E-state index in [2.05, 4.69) is 31.2 Å². The lowest BCUT2D eigenvalue weighted by Crippen LogP contribution is -2.41. The molecule has 0 bridgehead atoms. The van der Waals surface area contributed by atoms with E-state index in [1.165, 1.54) is 0 Å². The van der Waals surface area contributed by atoms with E-state index < -0.39 is 11.8 Å². The molecule has 150 valence electrons. The van der Waals surface area contributed by atoms with Gasteiger partial charge in [0.1, 0.15) is 17.1 Å². The van der Waals surface area contributed by atoms with E-state index in [1.807, 2.05) is 42.5 Å². The van der Waals surface area contributed by atoms with Crippen molar-refractivity contribution < 1.29 is 14.3 Å². The third kappa shape index (κ3) is 4.04. The number of aromatic nitrogens is 4. The van der Waals surface area contributed by atoms with Crippen LogP contribution in [0, 0.1) is 0 Å². The molecule has 30 heavy (non-hydrogen) atoms. The SMILES string of the molecule is COc1ccc(-c2cc(C(=O)NNC(=O)c3cc(-c4ccccc4)n[nH]3)[nH]n2)cc1. The number of methoxy groups -OCH3 is 1. The maximum absolute atomic E-state index is 12.3. The summed E-state index contributed by atoms with van der Waals surface area (Å²) in [7, 11) is 1.59. The van der Waals surface area contributed by atoms with Gasteiger partial charge in [-0.1, -0.05) is 30.3 Å². The first-order chi connectivity index (χ1) is 14.6. The minimum absolute atomic E-state index is 0.204. The number of rotatable bonds is 5. The summed E-state index contributed by atoms with van der Waals surface area (Å²) < 4.78 is 5.13. The van der Waals surface area contributed by atoms with Crippen molar-refractivity contribution in [2.75, 3.05) is 7.11 Å². The predicted octanol–water partition coefficient (Wildman–Crippen LogP) is 2.55. The minimum atomic E-state index is -0.529. The number of hydrogen-bond acceptors (Lipinski definition) is 5. The average Bonchev–Trinajstić information content (AvgIpc) is 3.48. The fraction of sp³-hybridized carbons (Fsp3) is 0.0476. The van der Waals surface area contributed by atoms with Gasteiger partial charge in [-0.15, -0.1) is 0 Å². The quantitative estimate of drug-likeness (QED) is 0.382. The number of aromatic amines is 2. The first-order valence-electron chi connectivity index (χ1n) is 9.05. The molecule has 0 unspecified atom stereocenters. The number of ether oxygens (including phenoxy) is 1. The fourth-order valence-corrected chi connectivity index (χ4v) is 2.79. The van der Waals surface area contributed by atoms with Crippen molar-refractivity contribution in [3.8, 4) is 28.3 Å². The Bertz CT molecular complexity index is 1160. The summed E-state index contributed by atoms with van der Waals surface area (Å²) in [4.78, 5) is 24.6. The molecule has 2 heterocycles. The molecule has 2 aromatic heterocycles. The number of nitrogens with zero attached hydrogens (tertiary/aromatic N) is 2. The molecule has 0 saturated heterocycles. The monoisotopic (exact) mass is 402 g/mol. The van der Waals surface area contributed by atoms with E-state index in [9.17, 15) is 9.59 Å². The lowest BCUT2D eigenvalue weighted by molar-refractivity contribution is 0.0841. The molecule has 0 aliphatic heterocycles. The molecule has 0 aliphatic rings. The summed E-state index contributed by atoms with van der Waals surface area (Å²) in [5.41, 5.74) is 8.05. The van der Waals surface area contributed by atoms with Crippen LogP contribution in [0.1, 0.15) is 21.0 Å². The second kappa shape index (κ2) is 8.31. The zero-order valence-corrected chi connectivity index (χ0v) is 16.0. The zero-order chi connectivity index (χ0) is 20.9. The predicted molar refractivity (Wildman–Crippen MR) is 110 cm³/mol. The highest BCUT2D eigenvalue weighted by Gasteiger charge is 2.15. The van der Waals surface area contributed by atoms with Crippen molar-refractivity contribution in [2.24, 2.45) is 0 Å². The number of carbonyl (C=O) groups excluding carboxylic acids is 2. The second-order valence-electron chi connectivity index (χ2n) is 6.34. The average molecular weight is 402 g/mol. The molecule has 2 aromatic carbocycles. The molecule has 0 atom stereocenters. The van der Waals surface area contributed by atoms with Crippen LogP contribution in [0.25, 0.3) is 22.5 Å². The highest BCUT2D eigenvalue weighted by atomic mass is 16.5. The van der Waals surface area contributed by atoms with Gasteiger partial charge in [0.2, 0.25) is 0 Å². The van der Waals surface area contributed by atoms with Crippen LogP contribution >= 0.6 is 0 Å². The van der Waals surface area contributed by atoms with Gasteiger partial charge in [-0.2, -0.15) is 10.2 Å². The Labute approximate surface area is 171 Å².